The maximum absolute atomic E-state index is 13.0. The Kier molecular flexibility index (Phi) is 6.08. The predicted octanol–water partition coefficient (Wildman–Crippen LogP) is 3.92. The number of aryl methyl sites for hydroxylation is 1. The Morgan fingerprint density at radius 1 is 1.22 bits per heavy atom. The molecule has 1 aromatic carbocycles. The van der Waals surface area contributed by atoms with E-state index in [1.165, 1.54) is 35.6 Å². The predicted molar refractivity (Wildman–Crippen MR) is 105 cm³/mol. The molecule has 140 valence electrons. The first kappa shape index (κ1) is 19.3. The highest BCUT2D eigenvalue weighted by molar-refractivity contribution is 8.18. The van der Waals surface area contributed by atoms with Gasteiger partial charge >= 0.3 is 0 Å². The lowest BCUT2D eigenvalue weighted by Gasteiger charge is -2.13. The Bertz CT molecular complexity index is 906. The van der Waals surface area contributed by atoms with Gasteiger partial charge in [0.15, 0.2) is 0 Å². The number of halogens is 1. The van der Waals surface area contributed by atoms with E-state index in [9.17, 15) is 18.8 Å². The number of rotatable bonds is 6. The molecule has 3 amide bonds. The molecule has 1 aromatic heterocycles. The standard InChI is InChI=1S/C19H17FN2O3S2/c1-2-13-7-10-26-16(13)17(23)21-8-9-22-18(24)15(27-19(22)25)11-12-3-5-14(20)6-4-12/h3-7,10-11H,2,8-9H2,1H3,(H,21,23)/b15-11+. The largest absolute Gasteiger partial charge is 0.350 e. The summed E-state index contributed by atoms with van der Waals surface area (Å²) in [7, 11) is 0. The van der Waals surface area contributed by atoms with E-state index in [-0.39, 0.29) is 35.0 Å². The number of amides is 3. The van der Waals surface area contributed by atoms with E-state index in [4.69, 9.17) is 0 Å². The second-order valence-corrected chi connectivity index (χ2v) is 7.68. The third-order valence-corrected chi connectivity index (χ3v) is 5.86. The summed E-state index contributed by atoms with van der Waals surface area (Å²) in [5, 5.41) is 4.24. The average Bonchev–Trinajstić information content (AvgIpc) is 3.23. The van der Waals surface area contributed by atoms with Crippen molar-refractivity contribution in [3.63, 3.8) is 0 Å². The smallest absolute Gasteiger partial charge is 0.293 e. The number of hydrogen-bond acceptors (Lipinski definition) is 5. The molecule has 0 spiro atoms. The molecule has 0 atom stereocenters. The van der Waals surface area contributed by atoms with Crippen LogP contribution >= 0.6 is 23.1 Å². The average molecular weight is 404 g/mol. The van der Waals surface area contributed by atoms with Crippen molar-refractivity contribution in [2.75, 3.05) is 13.1 Å². The van der Waals surface area contributed by atoms with Crippen molar-refractivity contribution >= 4 is 46.2 Å². The summed E-state index contributed by atoms with van der Waals surface area (Å²) in [5.41, 5.74) is 1.62. The molecule has 0 unspecified atom stereocenters. The molecule has 2 aromatic rings. The molecule has 1 fully saturated rings. The van der Waals surface area contributed by atoms with E-state index in [0.717, 1.165) is 28.6 Å². The first-order valence-electron chi connectivity index (χ1n) is 8.35. The van der Waals surface area contributed by atoms with Gasteiger partial charge in [0.1, 0.15) is 5.82 Å². The fourth-order valence-electron chi connectivity index (χ4n) is 2.58. The molecule has 0 radical (unpaired) electrons. The van der Waals surface area contributed by atoms with E-state index in [0.29, 0.717) is 10.4 Å². The maximum Gasteiger partial charge on any atom is 0.293 e. The summed E-state index contributed by atoms with van der Waals surface area (Å²) in [4.78, 5) is 38.8. The van der Waals surface area contributed by atoms with Crippen molar-refractivity contribution in [3.05, 3.63) is 62.4 Å². The third-order valence-electron chi connectivity index (χ3n) is 4.00. The van der Waals surface area contributed by atoms with Crippen LogP contribution in [0.3, 0.4) is 0 Å². The number of hydrogen-bond donors (Lipinski definition) is 1. The molecule has 8 heteroatoms. The highest BCUT2D eigenvalue weighted by Gasteiger charge is 2.34. The van der Waals surface area contributed by atoms with Gasteiger partial charge in [-0.15, -0.1) is 11.3 Å². The van der Waals surface area contributed by atoms with E-state index < -0.39 is 5.91 Å². The van der Waals surface area contributed by atoms with Crippen LogP contribution in [0.5, 0.6) is 0 Å². The quantitative estimate of drug-likeness (QED) is 0.741. The van der Waals surface area contributed by atoms with Gasteiger partial charge in [-0.3, -0.25) is 19.3 Å². The molecular weight excluding hydrogens is 387 g/mol. The number of thioether (sulfide) groups is 1. The second kappa shape index (κ2) is 8.49. The number of nitrogens with zero attached hydrogens (tertiary/aromatic N) is 1. The van der Waals surface area contributed by atoms with Crippen molar-refractivity contribution in [2.45, 2.75) is 13.3 Å². The summed E-state index contributed by atoms with van der Waals surface area (Å²) in [6.07, 6.45) is 2.33. The summed E-state index contributed by atoms with van der Waals surface area (Å²) in [6.45, 7) is 2.26. The summed E-state index contributed by atoms with van der Waals surface area (Å²) >= 11 is 2.21. The molecule has 3 rings (SSSR count). The molecular formula is C19H17FN2O3S2. The minimum atomic E-state index is -0.408. The zero-order valence-corrected chi connectivity index (χ0v) is 16.2. The second-order valence-electron chi connectivity index (χ2n) is 5.77. The molecule has 2 heterocycles. The van der Waals surface area contributed by atoms with Crippen LogP contribution in [0.1, 0.15) is 27.7 Å². The Hall–Kier alpha value is -2.45. The Labute approximate surface area is 164 Å². The number of nitrogens with one attached hydrogen (secondary N) is 1. The van der Waals surface area contributed by atoms with Gasteiger partial charge in [0.05, 0.1) is 9.78 Å². The van der Waals surface area contributed by atoms with E-state index in [2.05, 4.69) is 5.32 Å². The van der Waals surface area contributed by atoms with Crippen molar-refractivity contribution in [1.29, 1.82) is 0 Å². The normalized spacial score (nSPS) is 15.6. The molecule has 1 N–H and O–H groups in total. The lowest BCUT2D eigenvalue weighted by Crippen LogP contribution is -2.37. The van der Waals surface area contributed by atoms with Crippen LogP contribution in [0, 0.1) is 5.82 Å². The highest BCUT2D eigenvalue weighted by Crippen LogP contribution is 2.31. The number of benzene rings is 1. The number of carbonyl (C=O) groups excluding carboxylic acids is 3. The highest BCUT2D eigenvalue weighted by atomic mass is 32.2. The van der Waals surface area contributed by atoms with Gasteiger partial charge in [-0.25, -0.2) is 4.39 Å². The third kappa shape index (κ3) is 4.45. The SMILES string of the molecule is CCc1ccsc1C(=O)NCCN1C(=O)S/C(=C/c2ccc(F)cc2)C1=O. The van der Waals surface area contributed by atoms with E-state index >= 15 is 0 Å². The fraction of sp³-hybridized carbons (Fsp3) is 0.211. The minimum Gasteiger partial charge on any atom is -0.350 e. The first-order valence-corrected chi connectivity index (χ1v) is 10.0. The van der Waals surface area contributed by atoms with Gasteiger partial charge in [-0.2, -0.15) is 0 Å². The number of thiophene rings is 1. The monoisotopic (exact) mass is 404 g/mol. The Morgan fingerprint density at radius 3 is 2.67 bits per heavy atom. The van der Waals surface area contributed by atoms with Gasteiger partial charge in [0.2, 0.25) is 0 Å². The fourth-order valence-corrected chi connectivity index (χ4v) is 4.35. The van der Waals surface area contributed by atoms with Crippen LogP contribution in [-0.2, 0) is 11.2 Å². The van der Waals surface area contributed by atoms with Crippen LogP contribution in [0.25, 0.3) is 6.08 Å². The van der Waals surface area contributed by atoms with Gasteiger partial charge in [0, 0.05) is 13.1 Å². The molecule has 1 aliphatic heterocycles. The molecule has 27 heavy (non-hydrogen) atoms. The molecule has 1 aliphatic rings. The Morgan fingerprint density at radius 2 is 1.96 bits per heavy atom. The van der Waals surface area contributed by atoms with Gasteiger partial charge < -0.3 is 5.32 Å². The van der Waals surface area contributed by atoms with Crippen LogP contribution < -0.4 is 5.32 Å². The Balaban J connectivity index is 1.59. The maximum atomic E-state index is 13.0. The zero-order chi connectivity index (χ0) is 19.4. The van der Waals surface area contributed by atoms with Crippen LogP contribution in [0.15, 0.2) is 40.6 Å². The van der Waals surface area contributed by atoms with Crippen LogP contribution in [0.4, 0.5) is 9.18 Å². The van der Waals surface area contributed by atoms with Crippen molar-refractivity contribution < 1.29 is 18.8 Å². The molecule has 1 saturated heterocycles. The lowest BCUT2D eigenvalue weighted by atomic mass is 10.2. The molecule has 0 saturated carbocycles. The van der Waals surface area contributed by atoms with E-state index in [1.807, 2.05) is 18.4 Å². The first-order chi connectivity index (χ1) is 13.0. The van der Waals surface area contributed by atoms with Gasteiger partial charge in [0.25, 0.3) is 17.1 Å². The molecule has 0 aliphatic carbocycles. The molecule has 0 bridgehead atoms. The van der Waals surface area contributed by atoms with Gasteiger partial charge in [-0.05, 0) is 59.0 Å². The minimum absolute atomic E-state index is 0.101. The number of carbonyl (C=O) groups is 3. The van der Waals surface area contributed by atoms with Gasteiger partial charge in [-0.1, -0.05) is 19.1 Å². The zero-order valence-electron chi connectivity index (χ0n) is 14.5. The van der Waals surface area contributed by atoms with Crippen molar-refractivity contribution in [3.8, 4) is 0 Å². The number of imide groups is 1. The van der Waals surface area contributed by atoms with Crippen LogP contribution in [0.2, 0.25) is 0 Å². The molecule has 5 nitrogen and oxygen atoms in total. The van der Waals surface area contributed by atoms with Crippen LogP contribution in [-0.4, -0.2) is 35.0 Å². The topological polar surface area (TPSA) is 66.5 Å². The summed E-state index contributed by atoms with van der Waals surface area (Å²) in [6, 6.07) is 7.57. The van der Waals surface area contributed by atoms with Crippen molar-refractivity contribution in [2.24, 2.45) is 0 Å². The lowest BCUT2D eigenvalue weighted by molar-refractivity contribution is -0.122. The van der Waals surface area contributed by atoms with Crippen molar-refractivity contribution in [1.82, 2.24) is 10.2 Å². The summed E-state index contributed by atoms with van der Waals surface area (Å²) < 4.78 is 13.0. The summed E-state index contributed by atoms with van der Waals surface area (Å²) in [5.74, 6) is -0.974. The van der Waals surface area contributed by atoms with E-state index in [1.54, 1.807) is 6.08 Å².